The number of carbonyl (C=O) groups excluding carboxylic acids is 1. The summed E-state index contributed by atoms with van der Waals surface area (Å²) in [4.78, 5) is 12.4. The number of ether oxygens (including phenoxy) is 2. The van der Waals surface area contributed by atoms with E-state index < -0.39 is 0 Å². The third-order valence-electron chi connectivity index (χ3n) is 3.65. The molecule has 0 spiro atoms. The molecule has 1 amide bonds. The van der Waals surface area contributed by atoms with Crippen molar-refractivity contribution in [2.24, 2.45) is 0 Å². The fourth-order valence-electron chi connectivity index (χ4n) is 2.24. The van der Waals surface area contributed by atoms with E-state index in [9.17, 15) is 4.79 Å². The predicted molar refractivity (Wildman–Crippen MR) is 116 cm³/mol. The van der Waals surface area contributed by atoms with Crippen molar-refractivity contribution in [1.29, 1.82) is 0 Å². The Bertz CT molecular complexity index is 800. The minimum absolute atomic E-state index is 0.250. The van der Waals surface area contributed by atoms with Crippen molar-refractivity contribution in [2.45, 2.75) is 26.7 Å². The lowest BCUT2D eigenvalue weighted by molar-refractivity contribution is 0.0943. The van der Waals surface area contributed by atoms with Crippen LogP contribution in [0.25, 0.3) is 0 Å². The van der Waals surface area contributed by atoms with Crippen LogP contribution in [0.3, 0.4) is 0 Å². The highest BCUT2D eigenvalue weighted by atomic mass is 35.5. The van der Waals surface area contributed by atoms with Gasteiger partial charge in [0, 0.05) is 16.3 Å². The summed E-state index contributed by atoms with van der Waals surface area (Å²) in [6.45, 7) is 5.06. The summed E-state index contributed by atoms with van der Waals surface area (Å²) in [6, 6.07) is 12.1. The number of hydrogen-bond donors (Lipinski definition) is 3. The van der Waals surface area contributed by atoms with Gasteiger partial charge in [-0.1, -0.05) is 24.9 Å². The second-order valence-electron chi connectivity index (χ2n) is 5.84. The van der Waals surface area contributed by atoms with Crippen molar-refractivity contribution in [3.05, 3.63) is 53.1 Å². The van der Waals surface area contributed by atoms with Crippen molar-refractivity contribution in [3.63, 3.8) is 0 Å². The first-order valence-corrected chi connectivity index (χ1v) is 9.84. The Hall–Kier alpha value is -2.51. The molecule has 0 heterocycles. The van der Waals surface area contributed by atoms with E-state index in [1.54, 1.807) is 42.5 Å². The molecule has 0 saturated carbocycles. The minimum Gasteiger partial charge on any atom is -0.490 e. The van der Waals surface area contributed by atoms with Crippen molar-refractivity contribution in [1.82, 2.24) is 10.9 Å². The van der Waals surface area contributed by atoms with Crippen LogP contribution in [0.5, 0.6) is 11.5 Å². The zero-order valence-electron chi connectivity index (χ0n) is 15.9. The molecule has 2 aromatic carbocycles. The van der Waals surface area contributed by atoms with Crippen LogP contribution in [0.15, 0.2) is 42.5 Å². The Morgan fingerprint density at radius 3 is 2.46 bits per heavy atom. The summed E-state index contributed by atoms with van der Waals surface area (Å²) in [5.74, 6) is 0.814. The van der Waals surface area contributed by atoms with E-state index in [1.165, 1.54) is 0 Å². The number of thiocarbonyl (C=S) groups is 1. The zero-order chi connectivity index (χ0) is 20.4. The number of rotatable bonds is 8. The van der Waals surface area contributed by atoms with Gasteiger partial charge >= 0.3 is 0 Å². The smallest absolute Gasteiger partial charge is 0.269 e. The molecule has 0 atom stereocenters. The summed E-state index contributed by atoms with van der Waals surface area (Å²) < 4.78 is 11.3. The molecule has 0 aromatic heterocycles. The van der Waals surface area contributed by atoms with Gasteiger partial charge in [-0.05, 0) is 68.0 Å². The first kappa shape index (κ1) is 21.8. The van der Waals surface area contributed by atoms with Crippen molar-refractivity contribution < 1.29 is 14.3 Å². The van der Waals surface area contributed by atoms with Gasteiger partial charge in [0.1, 0.15) is 0 Å². The van der Waals surface area contributed by atoms with Crippen LogP contribution < -0.4 is 25.6 Å². The van der Waals surface area contributed by atoms with Crippen LogP contribution in [0.1, 0.15) is 37.0 Å². The molecule has 28 heavy (non-hydrogen) atoms. The van der Waals surface area contributed by atoms with E-state index in [2.05, 4.69) is 23.1 Å². The molecule has 0 bridgehead atoms. The molecule has 0 aliphatic rings. The van der Waals surface area contributed by atoms with Gasteiger partial charge in [0.25, 0.3) is 5.91 Å². The van der Waals surface area contributed by atoms with Gasteiger partial charge in [-0.25, -0.2) is 0 Å². The summed E-state index contributed by atoms with van der Waals surface area (Å²) in [5, 5.41) is 3.83. The van der Waals surface area contributed by atoms with Crippen LogP contribution in [-0.4, -0.2) is 24.2 Å². The number of halogens is 1. The van der Waals surface area contributed by atoms with Gasteiger partial charge in [-0.15, -0.1) is 0 Å². The number of anilines is 1. The summed E-state index contributed by atoms with van der Waals surface area (Å²) in [5.41, 5.74) is 6.40. The molecule has 6 nitrogen and oxygen atoms in total. The number of hydrazine groups is 1. The molecule has 0 radical (unpaired) electrons. The van der Waals surface area contributed by atoms with Crippen LogP contribution in [0.2, 0.25) is 5.02 Å². The molecular formula is C20H24ClN3O3S. The lowest BCUT2D eigenvalue weighted by atomic mass is 10.2. The molecule has 0 aliphatic carbocycles. The highest BCUT2D eigenvalue weighted by Gasteiger charge is 2.12. The Labute approximate surface area is 175 Å². The van der Waals surface area contributed by atoms with Crippen LogP contribution >= 0.6 is 23.8 Å². The summed E-state index contributed by atoms with van der Waals surface area (Å²) in [6.07, 6.45) is 2.00. The minimum atomic E-state index is -0.346. The van der Waals surface area contributed by atoms with E-state index in [0.29, 0.717) is 35.3 Å². The Balaban J connectivity index is 1.94. The Morgan fingerprint density at radius 1 is 1.04 bits per heavy atom. The maximum atomic E-state index is 12.4. The zero-order valence-corrected chi connectivity index (χ0v) is 17.5. The Morgan fingerprint density at radius 2 is 1.79 bits per heavy atom. The lowest BCUT2D eigenvalue weighted by Crippen LogP contribution is -2.43. The molecule has 2 rings (SSSR count). The van der Waals surface area contributed by atoms with Crippen LogP contribution in [0.4, 0.5) is 5.69 Å². The molecule has 0 fully saturated rings. The van der Waals surface area contributed by atoms with Gasteiger partial charge in [0.2, 0.25) is 0 Å². The standard InChI is InChI=1S/C20H24ClN3O3S/c1-3-5-12-27-17-11-6-14(13-18(17)26-4-2)19(25)23-24-20(28)22-16-9-7-15(21)8-10-16/h6-11,13H,3-5,12H2,1-2H3,(H,23,25)(H2,22,24,28). The quantitative estimate of drug-likeness (QED) is 0.330. The molecule has 0 saturated heterocycles. The Kier molecular flexibility index (Phi) is 8.84. The van der Waals surface area contributed by atoms with E-state index in [1.807, 2.05) is 6.92 Å². The van der Waals surface area contributed by atoms with E-state index in [-0.39, 0.29) is 11.0 Å². The number of amides is 1. The summed E-state index contributed by atoms with van der Waals surface area (Å²) >= 11 is 11.0. The topological polar surface area (TPSA) is 71.6 Å². The fraction of sp³-hybridized carbons (Fsp3) is 0.300. The highest BCUT2D eigenvalue weighted by Crippen LogP contribution is 2.28. The van der Waals surface area contributed by atoms with E-state index in [4.69, 9.17) is 33.3 Å². The first-order valence-electron chi connectivity index (χ1n) is 9.06. The monoisotopic (exact) mass is 421 g/mol. The largest absolute Gasteiger partial charge is 0.490 e. The second kappa shape index (κ2) is 11.4. The molecule has 0 aliphatic heterocycles. The molecule has 150 valence electrons. The molecular weight excluding hydrogens is 398 g/mol. The van der Waals surface area contributed by atoms with Gasteiger partial charge in [0.15, 0.2) is 16.6 Å². The molecule has 8 heteroatoms. The molecule has 3 N–H and O–H groups in total. The third-order valence-corrected chi connectivity index (χ3v) is 4.11. The molecule has 2 aromatic rings. The van der Waals surface area contributed by atoms with Gasteiger partial charge in [0.05, 0.1) is 13.2 Å². The number of unbranched alkanes of at least 4 members (excludes halogenated alkanes) is 1. The highest BCUT2D eigenvalue weighted by molar-refractivity contribution is 7.80. The third kappa shape index (κ3) is 6.90. The maximum absolute atomic E-state index is 12.4. The average molecular weight is 422 g/mol. The lowest BCUT2D eigenvalue weighted by Gasteiger charge is -2.14. The van der Waals surface area contributed by atoms with E-state index in [0.717, 1.165) is 18.5 Å². The normalized spacial score (nSPS) is 10.1. The van der Waals surface area contributed by atoms with Crippen LogP contribution in [-0.2, 0) is 0 Å². The van der Waals surface area contributed by atoms with Gasteiger partial charge < -0.3 is 14.8 Å². The number of benzene rings is 2. The number of carbonyl (C=O) groups is 1. The van der Waals surface area contributed by atoms with Gasteiger partial charge in [-0.3, -0.25) is 15.6 Å². The summed E-state index contributed by atoms with van der Waals surface area (Å²) in [7, 11) is 0. The number of nitrogens with one attached hydrogen (secondary N) is 3. The van der Waals surface area contributed by atoms with Gasteiger partial charge in [-0.2, -0.15) is 0 Å². The average Bonchev–Trinajstić information content (AvgIpc) is 2.69. The predicted octanol–water partition coefficient (Wildman–Crippen LogP) is 4.55. The maximum Gasteiger partial charge on any atom is 0.269 e. The van der Waals surface area contributed by atoms with E-state index >= 15 is 0 Å². The van der Waals surface area contributed by atoms with Crippen molar-refractivity contribution >= 4 is 40.5 Å². The second-order valence-corrected chi connectivity index (χ2v) is 6.68. The number of hydrogen-bond acceptors (Lipinski definition) is 4. The van der Waals surface area contributed by atoms with Crippen molar-refractivity contribution in [3.8, 4) is 11.5 Å². The van der Waals surface area contributed by atoms with Crippen LogP contribution in [0, 0.1) is 0 Å². The first-order chi connectivity index (χ1) is 13.5. The van der Waals surface area contributed by atoms with Crippen molar-refractivity contribution in [2.75, 3.05) is 18.5 Å². The SMILES string of the molecule is CCCCOc1ccc(C(=O)NNC(=S)Nc2ccc(Cl)cc2)cc1OCC. The fourth-order valence-corrected chi connectivity index (χ4v) is 2.54. The molecule has 0 unspecified atom stereocenters.